The second kappa shape index (κ2) is 5.29. The molecule has 0 aliphatic carbocycles. The van der Waals surface area contributed by atoms with Crippen molar-refractivity contribution in [3.05, 3.63) is 47.9 Å². The van der Waals surface area contributed by atoms with Gasteiger partial charge in [0.05, 0.1) is 10.5 Å². The van der Waals surface area contributed by atoms with Crippen molar-refractivity contribution in [2.45, 2.75) is 9.92 Å². The first kappa shape index (κ1) is 12.1. The Morgan fingerprint density at radius 3 is 2.78 bits per heavy atom. The maximum Gasteiger partial charge on any atom is 0.337 e. The number of aromatic nitrogens is 2. The van der Waals surface area contributed by atoms with Gasteiger partial charge in [-0.1, -0.05) is 11.8 Å². The van der Waals surface area contributed by atoms with E-state index >= 15 is 0 Å². The van der Waals surface area contributed by atoms with Crippen molar-refractivity contribution < 1.29 is 9.90 Å². The normalized spacial score (nSPS) is 9.72. The summed E-state index contributed by atoms with van der Waals surface area (Å²) in [6, 6.07) is 8.56. The van der Waals surface area contributed by atoms with Gasteiger partial charge in [0.25, 0.3) is 0 Å². The Hall–Kier alpha value is -2.39. The van der Waals surface area contributed by atoms with Gasteiger partial charge in [0.15, 0.2) is 5.69 Å². The van der Waals surface area contributed by atoms with E-state index in [9.17, 15) is 4.79 Å². The monoisotopic (exact) mass is 257 g/mol. The number of carboxylic acid groups (broad SMARTS) is 1. The molecule has 0 spiro atoms. The quantitative estimate of drug-likeness (QED) is 0.906. The van der Waals surface area contributed by atoms with E-state index in [1.165, 1.54) is 24.0 Å². The van der Waals surface area contributed by atoms with Crippen LogP contribution in [0.2, 0.25) is 0 Å². The minimum absolute atomic E-state index is 0.131. The first-order valence-electron chi connectivity index (χ1n) is 4.93. The lowest BCUT2D eigenvalue weighted by Gasteiger charge is -2.02. The summed E-state index contributed by atoms with van der Waals surface area (Å²) in [6.45, 7) is 0. The Morgan fingerprint density at radius 1 is 1.33 bits per heavy atom. The highest BCUT2D eigenvalue weighted by Crippen LogP contribution is 2.27. The topological polar surface area (TPSA) is 86.9 Å². The average molecular weight is 257 g/mol. The standard InChI is InChI=1S/C12H7N3O2S/c13-6-9-10(2-1-5-14-9)18-11-4-3-8(7-15-11)12(16)17/h1-5,7H,(H,16,17). The molecule has 0 fully saturated rings. The molecule has 18 heavy (non-hydrogen) atoms. The Morgan fingerprint density at radius 2 is 2.17 bits per heavy atom. The lowest BCUT2D eigenvalue weighted by Crippen LogP contribution is -1.96. The second-order valence-corrected chi connectivity index (χ2v) is 4.32. The molecule has 2 rings (SSSR count). The SMILES string of the molecule is N#Cc1ncccc1Sc1ccc(C(=O)O)cn1. The molecule has 0 amide bonds. The number of nitrogens with zero attached hydrogens (tertiary/aromatic N) is 3. The van der Waals surface area contributed by atoms with Crippen LogP contribution in [0.1, 0.15) is 16.1 Å². The summed E-state index contributed by atoms with van der Waals surface area (Å²) in [6.07, 6.45) is 2.83. The number of hydrogen-bond donors (Lipinski definition) is 1. The van der Waals surface area contributed by atoms with Gasteiger partial charge < -0.3 is 5.11 Å². The number of rotatable bonds is 3. The number of aromatic carboxylic acids is 1. The summed E-state index contributed by atoms with van der Waals surface area (Å²) in [7, 11) is 0. The fourth-order valence-corrected chi connectivity index (χ4v) is 2.05. The Balaban J connectivity index is 2.24. The lowest BCUT2D eigenvalue weighted by atomic mass is 10.3. The summed E-state index contributed by atoms with van der Waals surface area (Å²) in [5, 5.41) is 18.3. The summed E-state index contributed by atoms with van der Waals surface area (Å²) < 4.78 is 0. The third-order valence-electron chi connectivity index (χ3n) is 2.07. The summed E-state index contributed by atoms with van der Waals surface area (Å²) in [5.41, 5.74) is 0.456. The Bertz CT molecular complexity index is 620. The van der Waals surface area contributed by atoms with E-state index in [1.54, 1.807) is 24.4 Å². The molecular weight excluding hydrogens is 250 g/mol. The van der Waals surface area contributed by atoms with Crippen LogP contribution in [0.15, 0.2) is 46.6 Å². The number of nitriles is 1. The van der Waals surface area contributed by atoms with E-state index in [0.717, 1.165) is 0 Å². The predicted octanol–water partition coefficient (Wildman–Crippen LogP) is 2.20. The minimum Gasteiger partial charge on any atom is -0.478 e. The molecule has 0 aliphatic heterocycles. The zero-order valence-corrected chi connectivity index (χ0v) is 9.89. The summed E-state index contributed by atoms with van der Waals surface area (Å²) in [5.74, 6) is -1.02. The van der Waals surface area contributed by atoms with Crippen LogP contribution in [0.3, 0.4) is 0 Å². The van der Waals surface area contributed by atoms with E-state index in [0.29, 0.717) is 15.6 Å². The molecule has 0 saturated heterocycles. The molecule has 6 heteroatoms. The third-order valence-corrected chi connectivity index (χ3v) is 3.07. The fraction of sp³-hybridized carbons (Fsp3) is 0. The molecule has 2 heterocycles. The van der Waals surface area contributed by atoms with Crippen LogP contribution in [0.4, 0.5) is 0 Å². The molecule has 2 aromatic heterocycles. The second-order valence-electron chi connectivity index (χ2n) is 3.25. The highest BCUT2D eigenvalue weighted by atomic mass is 32.2. The molecule has 5 nitrogen and oxygen atoms in total. The molecule has 0 radical (unpaired) electrons. The largest absolute Gasteiger partial charge is 0.478 e. The van der Waals surface area contributed by atoms with Gasteiger partial charge in [0, 0.05) is 12.4 Å². The minimum atomic E-state index is -1.02. The average Bonchev–Trinajstić information content (AvgIpc) is 2.40. The molecule has 2 aromatic rings. The maximum atomic E-state index is 10.7. The first-order valence-corrected chi connectivity index (χ1v) is 5.74. The van der Waals surface area contributed by atoms with E-state index in [4.69, 9.17) is 10.4 Å². The van der Waals surface area contributed by atoms with Gasteiger partial charge in [-0.3, -0.25) is 0 Å². The molecule has 0 unspecified atom stereocenters. The van der Waals surface area contributed by atoms with Gasteiger partial charge in [-0.2, -0.15) is 5.26 Å². The predicted molar refractivity (Wildman–Crippen MR) is 64.3 cm³/mol. The lowest BCUT2D eigenvalue weighted by molar-refractivity contribution is 0.0696. The number of pyridine rings is 2. The van der Waals surface area contributed by atoms with Crippen molar-refractivity contribution in [3.8, 4) is 6.07 Å². The van der Waals surface area contributed by atoms with Crippen LogP contribution in [0.25, 0.3) is 0 Å². The zero-order chi connectivity index (χ0) is 13.0. The summed E-state index contributed by atoms with van der Waals surface area (Å²) in [4.78, 5) is 19.3. The number of carbonyl (C=O) groups is 1. The third kappa shape index (κ3) is 2.64. The smallest absolute Gasteiger partial charge is 0.337 e. The summed E-state index contributed by atoms with van der Waals surface area (Å²) >= 11 is 1.27. The Kier molecular flexibility index (Phi) is 3.55. The van der Waals surface area contributed by atoms with Gasteiger partial charge in [-0.25, -0.2) is 14.8 Å². The molecule has 1 N–H and O–H groups in total. The van der Waals surface area contributed by atoms with Crippen LogP contribution in [-0.4, -0.2) is 21.0 Å². The van der Waals surface area contributed by atoms with E-state index in [-0.39, 0.29) is 5.56 Å². The van der Waals surface area contributed by atoms with Gasteiger partial charge >= 0.3 is 5.97 Å². The fourth-order valence-electron chi connectivity index (χ4n) is 1.24. The Labute approximate surface area is 107 Å². The van der Waals surface area contributed by atoms with Crippen molar-refractivity contribution in [1.82, 2.24) is 9.97 Å². The number of carboxylic acids is 1. The highest BCUT2D eigenvalue weighted by molar-refractivity contribution is 7.99. The maximum absolute atomic E-state index is 10.7. The molecule has 0 atom stereocenters. The van der Waals surface area contributed by atoms with Crippen molar-refractivity contribution >= 4 is 17.7 Å². The molecule has 0 saturated carbocycles. The van der Waals surface area contributed by atoms with Crippen molar-refractivity contribution in [1.29, 1.82) is 5.26 Å². The van der Waals surface area contributed by atoms with Crippen LogP contribution in [-0.2, 0) is 0 Å². The van der Waals surface area contributed by atoms with Crippen LogP contribution >= 0.6 is 11.8 Å². The molecule has 0 aliphatic rings. The molecule has 0 aromatic carbocycles. The molecule has 88 valence electrons. The molecule has 0 bridgehead atoms. The van der Waals surface area contributed by atoms with Gasteiger partial charge in [-0.15, -0.1) is 0 Å². The first-order chi connectivity index (χ1) is 8.70. The van der Waals surface area contributed by atoms with Gasteiger partial charge in [-0.05, 0) is 24.3 Å². The van der Waals surface area contributed by atoms with E-state index in [2.05, 4.69) is 9.97 Å². The highest BCUT2D eigenvalue weighted by Gasteiger charge is 2.07. The van der Waals surface area contributed by atoms with Crippen LogP contribution < -0.4 is 0 Å². The van der Waals surface area contributed by atoms with Crippen molar-refractivity contribution in [3.63, 3.8) is 0 Å². The van der Waals surface area contributed by atoms with Crippen molar-refractivity contribution in [2.24, 2.45) is 0 Å². The van der Waals surface area contributed by atoms with E-state index < -0.39 is 5.97 Å². The van der Waals surface area contributed by atoms with E-state index in [1.807, 2.05) is 6.07 Å². The zero-order valence-electron chi connectivity index (χ0n) is 9.07. The van der Waals surface area contributed by atoms with Gasteiger partial charge in [0.1, 0.15) is 11.1 Å². The van der Waals surface area contributed by atoms with Crippen LogP contribution in [0, 0.1) is 11.3 Å². The number of hydrogen-bond acceptors (Lipinski definition) is 5. The van der Waals surface area contributed by atoms with Crippen molar-refractivity contribution in [2.75, 3.05) is 0 Å². The van der Waals surface area contributed by atoms with Crippen LogP contribution in [0.5, 0.6) is 0 Å². The van der Waals surface area contributed by atoms with Gasteiger partial charge in [0.2, 0.25) is 0 Å². The molecular formula is C12H7N3O2S.